The third kappa shape index (κ3) is 2.52. The standard InChI is InChI=1S/C11H18N2/c1-5-12-9(3)11-7-6-8(2)13-10(11)4/h6-7,9,12H,5H2,1-4H3. The van der Waals surface area contributed by atoms with Crippen LogP contribution in [-0.2, 0) is 0 Å². The van der Waals surface area contributed by atoms with Crippen LogP contribution in [-0.4, -0.2) is 11.5 Å². The summed E-state index contributed by atoms with van der Waals surface area (Å²) in [4.78, 5) is 4.44. The van der Waals surface area contributed by atoms with E-state index in [0.29, 0.717) is 6.04 Å². The molecule has 72 valence electrons. The van der Waals surface area contributed by atoms with Gasteiger partial charge < -0.3 is 5.32 Å². The minimum absolute atomic E-state index is 0.401. The highest BCUT2D eigenvalue weighted by Crippen LogP contribution is 2.15. The molecular formula is C11H18N2. The van der Waals surface area contributed by atoms with Gasteiger partial charge in [0, 0.05) is 17.4 Å². The summed E-state index contributed by atoms with van der Waals surface area (Å²) < 4.78 is 0. The molecule has 1 atom stereocenters. The van der Waals surface area contributed by atoms with E-state index in [1.165, 1.54) is 5.56 Å². The fourth-order valence-corrected chi connectivity index (χ4v) is 1.57. The summed E-state index contributed by atoms with van der Waals surface area (Å²) in [6, 6.07) is 4.62. The van der Waals surface area contributed by atoms with Crippen LogP contribution < -0.4 is 5.32 Å². The van der Waals surface area contributed by atoms with Crippen LogP contribution in [0.1, 0.15) is 36.8 Å². The van der Waals surface area contributed by atoms with Gasteiger partial charge in [0.2, 0.25) is 0 Å². The van der Waals surface area contributed by atoms with Gasteiger partial charge in [-0.3, -0.25) is 4.98 Å². The Morgan fingerprint density at radius 3 is 2.62 bits per heavy atom. The van der Waals surface area contributed by atoms with E-state index < -0.39 is 0 Å². The number of rotatable bonds is 3. The van der Waals surface area contributed by atoms with Crippen LogP contribution in [0.5, 0.6) is 0 Å². The van der Waals surface area contributed by atoms with Gasteiger partial charge in [0.1, 0.15) is 0 Å². The lowest BCUT2D eigenvalue weighted by atomic mass is 10.1. The molecule has 1 unspecified atom stereocenters. The fraction of sp³-hybridized carbons (Fsp3) is 0.545. The predicted octanol–water partition coefficient (Wildman–Crippen LogP) is 2.37. The molecule has 1 N–H and O–H groups in total. The monoisotopic (exact) mass is 178 g/mol. The number of aromatic nitrogens is 1. The van der Waals surface area contributed by atoms with Crippen molar-refractivity contribution >= 4 is 0 Å². The van der Waals surface area contributed by atoms with Crippen LogP contribution in [0.2, 0.25) is 0 Å². The average molecular weight is 178 g/mol. The molecule has 0 saturated carbocycles. The molecule has 0 aliphatic heterocycles. The van der Waals surface area contributed by atoms with E-state index in [9.17, 15) is 0 Å². The van der Waals surface area contributed by atoms with Crippen molar-refractivity contribution in [3.63, 3.8) is 0 Å². The van der Waals surface area contributed by atoms with E-state index in [-0.39, 0.29) is 0 Å². The molecule has 0 fully saturated rings. The Morgan fingerprint density at radius 1 is 1.38 bits per heavy atom. The minimum atomic E-state index is 0.401. The maximum absolute atomic E-state index is 4.44. The number of nitrogens with zero attached hydrogens (tertiary/aromatic N) is 1. The molecule has 13 heavy (non-hydrogen) atoms. The molecule has 0 aromatic carbocycles. The number of aryl methyl sites for hydroxylation is 2. The van der Waals surface area contributed by atoms with Crippen molar-refractivity contribution in [1.82, 2.24) is 10.3 Å². The second kappa shape index (κ2) is 4.38. The molecule has 1 aromatic rings. The highest BCUT2D eigenvalue weighted by atomic mass is 14.9. The first-order valence-electron chi connectivity index (χ1n) is 4.82. The molecule has 0 spiro atoms. The summed E-state index contributed by atoms with van der Waals surface area (Å²) in [6.45, 7) is 9.37. The van der Waals surface area contributed by atoms with E-state index in [2.05, 4.69) is 43.2 Å². The van der Waals surface area contributed by atoms with Crippen molar-refractivity contribution in [2.24, 2.45) is 0 Å². The molecule has 0 aliphatic carbocycles. The summed E-state index contributed by atoms with van der Waals surface area (Å²) >= 11 is 0. The lowest BCUT2D eigenvalue weighted by Gasteiger charge is -2.14. The maximum atomic E-state index is 4.44. The Kier molecular flexibility index (Phi) is 3.43. The SMILES string of the molecule is CCNC(C)c1ccc(C)nc1C. The molecule has 0 amide bonds. The van der Waals surface area contributed by atoms with Gasteiger partial charge in [0.05, 0.1) is 0 Å². The number of hydrogen-bond acceptors (Lipinski definition) is 2. The Morgan fingerprint density at radius 2 is 2.08 bits per heavy atom. The first-order valence-corrected chi connectivity index (χ1v) is 4.82. The van der Waals surface area contributed by atoms with Gasteiger partial charge >= 0.3 is 0 Å². The molecule has 2 nitrogen and oxygen atoms in total. The summed E-state index contributed by atoms with van der Waals surface area (Å²) in [5.74, 6) is 0. The first kappa shape index (κ1) is 10.2. The van der Waals surface area contributed by atoms with Gasteiger partial charge in [0.25, 0.3) is 0 Å². The van der Waals surface area contributed by atoms with Crippen LogP contribution >= 0.6 is 0 Å². The van der Waals surface area contributed by atoms with Crippen LogP contribution in [0.15, 0.2) is 12.1 Å². The van der Waals surface area contributed by atoms with Crippen molar-refractivity contribution in [1.29, 1.82) is 0 Å². The van der Waals surface area contributed by atoms with Crippen LogP contribution in [0, 0.1) is 13.8 Å². The molecule has 1 heterocycles. The number of nitrogens with one attached hydrogen (secondary N) is 1. The Bertz CT molecular complexity index is 281. The third-order valence-corrected chi connectivity index (χ3v) is 2.24. The second-order valence-electron chi connectivity index (χ2n) is 3.41. The highest BCUT2D eigenvalue weighted by Gasteiger charge is 2.06. The molecule has 0 saturated heterocycles. The smallest absolute Gasteiger partial charge is 0.0423 e. The van der Waals surface area contributed by atoms with Crippen molar-refractivity contribution in [2.75, 3.05) is 6.54 Å². The van der Waals surface area contributed by atoms with Crippen molar-refractivity contribution < 1.29 is 0 Å². The van der Waals surface area contributed by atoms with Gasteiger partial charge in [-0.15, -0.1) is 0 Å². The van der Waals surface area contributed by atoms with E-state index in [4.69, 9.17) is 0 Å². The predicted molar refractivity (Wildman–Crippen MR) is 55.8 cm³/mol. The number of pyridine rings is 1. The summed E-state index contributed by atoms with van der Waals surface area (Å²) in [5, 5.41) is 3.38. The molecule has 0 aliphatic rings. The Balaban J connectivity index is 2.88. The molecule has 2 heteroatoms. The normalized spacial score (nSPS) is 12.9. The van der Waals surface area contributed by atoms with Crippen molar-refractivity contribution in [3.8, 4) is 0 Å². The zero-order valence-electron chi connectivity index (χ0n) is 8.89. The zero-order valence-corrected chi connectivity index (χ0v) is 8.89. The molecular weight excluding hydrogens is 160 g/mol. The molecule has 0 radical (unpaired) electrons. The van der Waals surface area contributed by atoms with Gasteiger partial charge in [-0.05, 0) is 38.9 Å². The van der Waals surface area contributed by atoms with E-state index >= 15 is 0 Å². The largest absolute Gasteiger partial charge is 0.310 e. The van der Waals surface area contributed by atoms with E-state index in [1.54, 1.807) is 0 Å². The van der Waals surface area contributed by atoms with Crippen molar-refractivity contribution in [2.45, 2.75) is 33.7 Å². The molecule has 1 aromatic heterocycles. The molecule has 1 rings (SSSR count). The van der Waals surface area contributed by atoms with Gasteiger partial charge in [-0.2, -0.15) is 0 Å². The summed E-state index contributed by atoms with van der Waals surface area (Å²) in [5.41, 5.74) is 3.52. The quantitative estimate of drug-likeness (QED) is 0.768. The third-order valence-electron chi connectivity index (χ3n) is 2.24. The van der Waals surface area contributed by atoms with Gasteiger partial charge in [-0.25, -0.2) is 0 Å². The van der Waals surface area contributed by atoms with E-state index in [1.807, 2.05) is 6.92 Å². The Labute approximate surface area is 80.4 Å². The van der Waals surface area contributed by atoms with Gasteiger partial charge in [0.15, 0.2) is 0 Å². The minimum Gasteiger partial charge on any atom is -0.310 e. The average Bonchev–Trinajstić information content (AvgIpc) is 2.04. The molecule has 0 bridgehead atoms. The zero-order chi connectivity index (χ0) is 9.84. The van der Waals surface area contributed by atoms with Crippen LogP contribution in [0.25, 0.3) is 0 Å². The lowest BCUT2D eigenvalue weighted by molar-refractivity contribution is 0.592. The Hall–Kier alpha value is -0.890. The highest BCUT2D eigenvalue weighted by molar-refractivity contribution is 5.24. The van der Waals surface area contributed by atoms with Gasteiger partial charge in [-0.1, -0.05) is 13.0 Å². The fourth-order valence-electron chi connectivity index (χ4n) is 1.57. The summed E-state index contributed by atoms with van der Waals surface area (Å²) in [6.07, 6.45) is 0. The van der Waals surface area contributed by atoms with Crippen LogP contribution in [0.4, 0.5) is 0 Å². The topological polar surface area (TPSA) is 24.9 Å². The maximum Gasteiger partial charge on any atom is 0.0423 e. The van der Waals surface area contributed by atoms with E-state index in [0.717, 1.165) is 17.9 Å². The first-order chi connectivity index (χ1) is 6.15. The van der Waals surface area contributed by atoms with Crippen LogP contribution in [0.3, 0.4) is 0 Å². The van der Waals surface area contributed by atoms with Crippen molar-refractivity contribution in [3.05, 3.63) is 29.1 Å². The number of hydrogen-bond donors (Lipinski definition) is 1. The summed E-state index contributed by atoms with van der Waals surface area (Å²) in [7, 11) is 0. The second-order valence-corrected chi connectivity index (χ2v) is 3.41. The lowest BCUT2D eigenvalue weighted by Crippen LogP contribution is -2.19.